The van der Waals surface area contributed by atoms with Gasteiger partial charge in [0.15, 0.2) is 47.4 Å². The maximum Gasteiger partial charge on any atom is 0.472 e. The zero-order valence-corrected chi connectivity index (χ0v) is 24.4. The molecule has 0 amide bonds. The number of nitrogens with one attached hydrogen (secondary N) is 1. The molecule has 0 saturated carbocycles. The third-order valence-corrected chi connectivity index (χ3v) is 9.69. The van der Waals surface area contributed by atoms with Crippen molar-refractivity contribution in [1.82, 2.24) is 39.0 Å². The third kappa shape index (κ3) is 5.14. The summed E-state index contributed by atoms with van der Waals surface area (Å²) in [6.45, 7) is -5.94. The molecule has 0 aromatic carbocycles. The molecular formula is C20H21F2N9O10P2S. The standard InChI is InChI=1S/C20H21F2N9O10P2S/c21-9-7-1-37-43(35,44)41-13-8(39-19(10(13)22)30-5-28-11-15(23)24-3-25-16(11)30)2-36-42(33,34)40-14(9)20(38-7)31-6-29-12-17(31)26-4-27-18(12)32/h3-10,13-14,19-20H,1-2H2,(H,33,34)(H,35,44)(H2,23,24,25)(H,26,27,32)/t7-,8-,9+,10-,13-,14-,19-,20-,43?/m1/s1. The van der Waals surface area contributed by atoms with E-state index in [0.717, 1.165) is 23.5 Å². The van der Waals surface area contributed by atoms with Gasteiger partial charge in [-0.3, -0.25) is 27.5 Å². The predicted molar refractivity (Wildman–Crippen MR) is 143 cm³/mol. The minimum atomic E-state index is -5.15. The molecule has 3 fully saturated rings. The van der Waals surface area contributed by atoms with Crippen LogP contribution < -0.4 is 11.3 Å². The van der Waals surface area contributed by atoms with Crippen LogP contribution in [-0.4, -0.2) is 98.8 Å². The summed E-state index contributed by atoms with van der Waals surface area (Å²) in [6.07, 6.45) is -9.36. The van der Waals surface area contributed by atoms with Gasteiger partial charge in [0.05, 0.1) is 32.2 Å². The van der Waals surface area contributed by atoms with Crippen LogP contribution in [0, 0.1) is 0 Å². The highest BCUT2D eigenvalue weighted by molar-refractivity contribution is 8.07. The number of phosphoric ester groups is 1. The first kappa shape index (κ1) is 29.8. The number of fused-ring (bicyclic) bond motifs is 5. The molecule has 44 heavy (non-hydrogen) atoms. The van der Waals surface area contributed by atoms with Gasteiger partial charge < -0.3 is 34.5 Å². The Labute approximate surface area is 248 Å². The van der Waals surface area contributed by atoms with Crippen molar-refractivity contribution in [2.75, 3.05) is 18.9 Å². The van der Waals surface area contributed by atoms with Crippen LogP contribution in [-0.2, 0) is 43.9 Å². The summed E-state index contributed by atoms with van der Waals surface area (Å²) in [6, 6.07) is 0. The number of phosphoric acid groups is 1. The number of hydrogen-bond acceptors (Lipinski definition) is 15. The molecule has 2 unspecified atom stereocenters. The van der Waals surface area contributed by atoms with E-state index in [1.807, 2.05) is 0 Å². The van der Waals surface area contributed by atoms with E-state index < -0.39 is 82.5 Å². The number of nitrogen functional groups attached to an aromatic ring is 1. The number of nitrogens with zero attached hydrogens (tertiary/aromatic N) is 7. The third-order valence-electron chi connectivity index (χ3n) is 7.15. The van der Waals surface area contributed by atoms with Gasteiger partial charge in [-0.25, -0.2) is 38.3 Å². The van der Waals surface area contributed by atoms with Crippen molar-refractivity contribution in [3.63, 3.8) is 0 Å². The summed E-state index contributed by atoms with van der Waals surface area (Å²) in [7, 11) is -5.15. The molecule has 7 heterocycles. The molecule has 10 atom stereocenters. The summed E-state index contributed by atoms with van der Waals surface area (Å²) in [5.74, 6) is 0.0227. The van der Waals surface area contributed by atoms with Gasteiger partial charge in [0.1, 0.15) is 36.3 Å². The average Bonchev–Trinajstić information content (AvgIpc) is 3.73. The van der Waals surface area contributed by atoms with E-state index >= 15 is 8.78 Å². The lowest BCUT2D eigenvalue weighted by Gasteiger charge is -2.26. The maximum atomic E-state index is 15.9. The van der Waals surface area contributed by atoms with Gasteiger partial charge in [0.25, 0.3) is 5.56 Å². The van der Waals surface area contributed by atoms with Crippen molar-refractivity contribution < 1.29 is 50.7 Å². The Balaban J connectivity index is 1.20. The molecule has 3 saturated heterocycles. The molecule has 236 valence electrons. The molecule has 3 aliphatic heterocycles. The minimum Gasteiger partial charge on any atom is -0.382 e. The molecule has 4 aromatic heterocycles. The van der Waals surface area contributed by atoms with E-state index in [2.05, 4.69) is 29.9 Å². The Morgan fingerprint density at radius 2 is 1.59 bits per heavy atom. The van der Waals surface area contributed by atoms with Gasteiger partial charge in [0, 0.05) is 0 Å². The van der Waals surface area contributed by atoms with Crippen molar-refractivity contribution in [3.8, 4) is 0 Å². The highest BCUT2D eigenvalue weighted by Crippen LogP contribution is 2.54. The van der Waals surface area contributed by atoms with Crippen LogP contribution in [0.3, 0.4) is 0 Å². The van der Waals surface area contributed by atoms with Crippen LogP contribution in [0.25, 0.3) is 22.3 Å². The van der Waals surface area contributed by atoms with Crippen molar-refractivity contribution in [2.45, 2.75) is 49.2 Å². The molecule has 7 rings (SSSR count). The number of ether oxygens (including phenoxy) is 2. The number of rotatable bonds is 2. The Morgan fingerprint density at radius 3 is 2.39 bits per heavy atom. The number of hydrogen-bond donors (Lipinski definition) is 4. The van der Waals surface area contributed by atoms with Crippen LogP contribution in [0.4, 0.5) is 14.6 Å². The number of halogens is 2. The number of alkyl halides is 2. The monoisotopic (exact) mass is 679 g/mol. The lowest BCUT2D eigenvalue weighted by atomic mass is 10.1. The minimum absolute atomic E-state index is 0.0227. The first-order valence-corrected chi connectivity index (χ1v) is 16.7. The average molecular weight is 679 g/mol. The van der Waals surface area contributed by atoms with E-state index in [4.69, 9.17) is 45.1 Å². The van der Waals surface area contributed by atoms with Crippen LogP contribution in [0.2, 0.25) is 0 Å². The Hall–Kier alpha value is -2.88. The topological polar surface area (TPSA) is 246 Å². The zero-order chi connectivity index (χ0) is 31.0. The highest BCUT2D eigenvalue weighted by Gasteiger charge is 2.54. The van der Waals surface area contributed by atoms with Crippen molar-refractivity contribution in [3.05, 3.63) is 35.7 Å². The fraction of sp³-hybridized carbons (Fsp3) is 0.500. The molecule has 0 radical (unpaired) electrons. The number of H-pyrrole nitrogens is 1. The van der Waals surface area contributed by atoms with Gasteiger partial charge in [-0.2, -0.15) is 0 Å². The summed E-state index contributed by atoms with van der Waals surface area (Å²) < 4.78 is 79.7. The Bertz CT molecular complexity index is 1900. The molecule has 0 aliphatic carbocycles. The molecule has 4 aromatic rings. The van der Waals surface area contributed by atoms with Crippen LogP contribution in [0.15, 0.2) is 30.1 Å². The molecule has 3 aliphatic rings. The van der Waals surface area contributed by atoms with Gasteiger partial charge in [0.2, 0.25) is 0 Å². The second-order valence-corrected chi connectivity index (χ2v) is 14.0. The van der Waals surface area contributed by atoms with E-state index in [9.17, 15) is 19.1 Å². The van der Waals surface area contributed by atoms with E-state index in [0.29, 0.717) is 0 Å². The Morgan fingerprint density at radius 1 is 0.909 bits per heavy atom. The highest BCUT2D eigenvalue weighted by atomic mass is 32.5. The van der Waals surface area contributed by atoms with E-state index in [1.54, 1.807) is 0 Å². The predicted octanol–water partition coefficient (Wildman–Crippen LogP) is 0.147. The van der Waals surface area contributed by atoms with Crippen LogP contribution >= 0.6 is 14.5 Å². The maximum absolute atomic E-state index is 15.9. The van der Waals surface area contributed by atoms with Crippen molar-refractivity contribution in [2.24, 2.45) is 0 Å². The number of anilines is 1. The summed E-state index contributed by atoms with van der Waals surface area (Å²) >= 11 is 5.08. The fourth-order valence-corrected chi connectivity index (χ4v) is 7.51. The first-order chi connectivity index (χ1) is 20.9. The van der Waals surface area contributed by atoms with Crippen LogP contribution in [0.5, 0.6) is 0 Å². The molecule has 19 nitrogen and oxygen atoms in total. The second-order valence-electron chi connectivity index (χ2n) is 9.83. The molecule has 0 spiro atoms. The van der Waals surface area contributed by atoms with Gasteiger partial charge in [-0.15, -0.1) is 0 Å². The zero-order valence-electron chi connectivity index (χ0n) is 21.8. The molecule has 24 heteroatoms. The fourth-order valence-electron chi connectivity index (χ4n) is 5.15. The summed E-state index contributed by atoms with van der Waals surface area (Å²) in [5, 5.41) is 0. The first-order valence-electron chi connectivity index (χ1n) is 12.7. The normalized spacial score (nSPS) is 38.3. The lowest BCUT2D eigenvalue weighted by Crippen LogP contribution is -2.34. The van der Waals surface area contributed by atoms with Gasteiger partial charge in [-0.1, -0.05) is 0 Å². The quantitative estimate of drug-likeness (QED) is 0.206. The van der Waals surface area contributed by atoms with E-state index in [-0.39, 0.29) is 28.1 Å². The second kappa shape index (κ2) is 10.9. The Kier molecular flexibility index (Phi) is 7.37. The lowest BCUT2D eigenvalue weighted by molar-refractivity contribution is -0.0642. The van der Waals surface area contributed by atoms with Crippen LogP contribution in [0.1, 0.15) is 12.5 Å². The smallest absolute Gasteiger partial charge is 0.382 e. The van der Waals surface area contributed by atoms with Gasteiger partial charge in [-0.05, 0) is 11.8 Å². The molecule has 2 bridgehead atoms. The SMILES string of the molecule is Nc1ncnc2c1ncn2[C@@H]1O[C@@H]2COP(=O)(O)O[C@@H]3[C@@H](F)[C@@H](COP(O)(=S)O[C@H]2[C@H]1F)O[C@H]3n1cnc2c(=O)[nH]cnc21. The number of aromatic nitrogens is 8. The number of nitrogens with two attached hydrogens (primary N) is 1. The number of imidazole rings is 2. The molecule has 5 N–H and O–H groups in total. The van der Waals surface area contributed by atoms with Crippen molar-refractivity contribution >= 4 is 54.5 Å². The largest absolute Gasteiger partial charge is 0.472 e. The van der Waals surface area contributed by atoms with Gasteiger partial charge >= 0.3 is 14.5 Å². The summed E-state index contributed by atoms with van der Waals surface area (Å²) in [4.78, 5) is 55.8. The number of aromatic amines is 1. The molecular weight excluding hydrogens is 658 g/mol. The van der Waals surface area contributed by atoms with Crippen molar-refractivity contribution in [1.29, 1.82) is 0 Å². The van der Waals surface area contributed by atoms with E-state index in [1.165, 1.54) is 10.9 Å². The summed E-state index contributed by atoms with van der Waals surface area (Å²) in [5.41, 5.74) is 5.30.